The molecule has 9 nitrogen and oxygen atoms in total. The first kappa shape index (κ1) is 18.4. The standard InChI is InChI=1S/C8H10NO8S.U/c10-4-3-5(18(14,15)16)8(13)17-9-6(11)1-2-7(9)12;/h1,5,10H,2-4H2,(H,14,15,16);/q-1;. The first-order valence-electron chi connectivity index (χ1n) is 4.76. The third-order valence-corrected chi connectivity index (χ3v) is 3.22. The third-order valence-electron chi connectivity index (χ3n) is 2.07. The zero-order chi connectivity index (χ0) is 13.9. The maximum absolute atomic E-state index is 11.4. The molecule has 0 bridgehead atoms. The van der Waals surface area contributed by atoms with Gasteiger partial charge in [0.05, 0.1) is 0 Å². The monoisotopic (exact) mass is 518 g/mol. The number of hydroxylamine groups is 2. The average molecular weight is 518 g/mol. The molecule has 1 heterocycles. The summed E-state index contributed by atoms with van der Waals surface area (Å²) in [5, 5.41) is 6.63. The molecule has 0 aromatic rings. The largest absolute Gasteiger partial charge is 0.396 e. The van der Waals surface area contributed by atoms with Gasteiger partial charge in [0.15, 0.2) is 5.25 Å². The van der Waals surface area contributed by atoms with Gasteiger partial charge in [-0.3, -0.25) is 15.8 Å². The molecule has 0 aliphatic carbocycles. The van der Waals surface area contributed by atoms with Crippen LogP contribution in [0.15, 0.2) is 0 Å². The fourth-order valence-electron chi connectivity index (χ4n) is 1.21. The fraction of sp³-hybridized carbons (Fsp3) is 0.500. The molecule has 0 aromatic carbocycles. The van der Waals surface area contributed by atoms with Crippen molar-refractivity contribution >= 4 is 27.9 Å². The predicted molar refractivity (Wildman–Crippen MR) is 53.9 cm³/mol. The molecule has 11 heteroatoms. The zero-order valence-corrected chi connectivity index (χ0v) is 14.5. The number of rotatable bonds is 5. The second kappa shape index (κ2) is 7.26. The van der Waals surface area contributed by atoms with E-state index in [-0.39, 0.29) is 42.6 Å². The molecule has 0 saturated carbocycles. The van der Waals surface area contributed by atoms with Crippen molar-refractivity contribution in [2.24, 2.45) is 0 Å². The molecular weight excluding hydrogens is 508 g/mol. The van der Waals surface area contributed by atoms with Crippen LogP contribution in [0.25, 0.3) is 0 Å². The summed E-state index contributed by atoms with van der Waals surface area (Å²) in [6, 6.07) is 0. The molecule has 1 saturated heterocycles. The summed E-state index contributed by atoms with van der Waals surface area (Å²) >= 11 is 0. The van der Waals surface area contributed by atoms with Gasteiger partial charge in [0, 0.05) is 44.1 Å². The molecule has 0 aromatic heterocycles. The van der Waals surface area contributed by atoms with E-state index in [0.29, 0.717) is 0 Å². The van der Waals surface area contributed by atoms with Gasteiger partial charge in [0.1, 0.15) is 5.91 Å². The minimum absolute atomic E-state index is 0. The Morgan fingerprint density at radius 1 is 1.47 bits per heavy atom. The summed E-state index contributed by atoms with van der Waals surface area (Å²) in [5.74, 6) is -3.23. The Morgan fingerprint density at radius 2 is 2.05 bits per heavy atom. The minimum atomic E-state index is -4.80. The van der Waals surface area contributed by atoms with Crippen LogP contribution in [0.4, 0.5) is 0 Å². The summed E-state index contributed by atoms with van der Waals surface area (Å²) in [4.78, 5) is 37.8. The molecule has 1 fully saturated rings. The molecule has 1 aliphatic rings. The van der Waals surface area contributed by atoms with Gasteiger partial charge < -0.3 is 14.7 Å². The number of carbonyl (C=O) groups is 3. The quantitative estimate of drug-likeness (QED) is 0.243. The van der Waals surface area contributed by atoms with Crippen molar-refractivity contribution in [1.29, 1.82) is 0 Å². The SMILES string of the molecule is O=C(ON1C(=O)[CH-]CC1=O)C(CCO)S(=O)(=O)O.[U]. The van der Waals surface area contributed by atoms with Crippen molar-refractivity contribution < 1.29 is 68.4 Å². The Bertz CT molecular complexity index is 459. The van der Waals surface area contributed by atoms with Crippen LogP contribution in [0.3, 0.4) is 0 Å². The van der Waals surface area contributed by atoms with E-state index in [1.54, 1.807) is 0 Å². The third kappa shape index (κ3) is 4.78. The van der Waals surface area contributed by atoms with E-state index >= 15 is 0 Å². The van der Waals surface area contributed by atoms with Crippen LogP contribution in [0.5, 0.6) is 0 Å². The Labute approximate surface area is 132 Å². The maximum Gasteiger partial charge on any atom is 0.353 e. The first-order valence-corrected chi connectivity index (χ1v) is 6.26. The molecule has 2 N–H and O–H groups in total. The summed E-state index contributed by atoms with van der Waals surface area (Å²) in [6.45, 7) is -0.701. The van der Waals surface area contributed by atoms with Gasteiger partial charge in [-0.15, -0.1) is 5.06 Å². The van der Waals surface area contributed by atoms with E-state index in [9.17, 15) is 22.8 Å². The van der Waals surface area contributed by atoms with Gasteiger partial charge >= 0.3 is 5.97 Å². The van der Waals surface area contributed by atoms with E-state index in [0.717, 1.165) is 6.42 Å². The van der Waals surface area contributed by atoms with Crippen LogP contribution < -0.4 is 0 Å². The van der Waals surface area contributed by atoms with E-state index in [1.807, 2.05) is 0 Å². The van der Waals surface area contributed by atoms with E-state index in [1.165, 1.54) is 0 Å². The molecule has 1 unspecified atom stereocenters. The van der Waals surface area contributed by atoms with Crippen molar-refractivity contribution in [3.05, 3.63) is 6.42 Å². The van der Waals surface area contributed by atoms with E-state index < -0.39 is 46.2 Å². The normalized spacial score (nSPS) is 16.6. The molecule has 1 atom stereocenters. The van der Waals surface area contributed by atoms with Crippen LogP contribution in [-0.2, 0) is 29.3 Å². The number of aliphatic hydroxyl groups is 1. The van der Waals surface area contributed by atoms with Gasteiger partial charge in [-0.25, -0.2) is 4.79 Å². The Kier molecular flexibility index (Phi) is 7.03. The fourth-order valence-corrected chi connectivity index (χ4v) is 1.90. The van der Waals surface area contributed by atoms with Crippen LogP contribution in [0, 0.1) is 37.5 Å². The summed E-state index contributed by atoms with van der Waals surface area (Å²) in [5.41, 5.74) is 0. The number of hydrogen-bond donors (Lipinski definition) is 2. The van der Waals surface area contributed by atoms with Gasteiger partial charge in [-0.2, -0.15) is 8.42 Å². The first-order chi connectivity index (χ1) is 8.27. The summed E-state index contributed by atoms with van der Waals surface area (Å²) in [7, 11) is -4.80. The van der Waals surface area contributed by atoms with Crippen molar-refractivity contribution in [1.82, 2.24) is 5.06 Å². The van der Waals surface area contributed by atoms with Gasteiger partial charge in [-0.05, 0) is 0 Å². The smallest absolute Gasteiger partial charge is 0.353 e. The Hall–Kier alpha value is -0.598. The van der Waals surface area contributed by atoms with Crippen LogP contribution in [-0.4, -0.2) is 52.8 Å². The number of amides is 2. The molecular formula is C8H10NO8SU-. The maximum atomic E-state index is 11.4. The molecule has 19 heavy (non-hydrogen) atoms. The molecule has 0 radical (unpaired) electrons. The van der Waals surface area contributed by atoms with Crippen LogP contribution in [0.1, 0.15) is 12.8 Å². The number of hydrogen-bond acceptors (Lipinski definition) is 7. The van der Waals surface area contributed by atoms with Crippen molar-refractivity contribution in [3.8, 4) is 0 Å². The summed E-state index contributed by atoms with van der Waals surface area (Å²) in [6.07, 6.45) is 0.0738. The Morgan fingerprint density at radius 3 is 2.42 bits per heavy atom. The predicted octanol–water partition coefficient (Wildman–Crippen LogP) is -1.95. The van der Waals surface area contributed by atoms with Gasteiger partial charge in [0.25, 0.3) is 10.1 Å². The molecule has 2 amide bonds. The number of aliphatic hydroxyl groups excluding tert-OH is 1. The van der Waals surface area contributed by atoms with Crippen LogP contribution in [0.2, 0.25) is 0 Å². The average Bonchev–Trinajstić information content (AvgIpc) is 2.55. The number of imide groups is 1. The summed E-state index contributed by atoms with van der Waals surface area (Å²) < 4.78 is 30.4. The molecule has 1 rings (SSSR count). The van der Waals surface area contributed by atoms with Gasteiger partial charge in [-0.1, -0.05) is 6.42 Å². The topological polar surface area (TPSA) is 138 Å². The van der Waals surface area contributed by atoms with E-state index in [2.05, 4.69) is 4.84 Å². The van der Waals surface area contributed by atoms with Crippen molar-refractivity contribution in [2.75, 3.05) is 6.61 Å². The van der Waals surface area contributed by atoms with E-state index in [4.69, 9.17) is 9.66 Å². The number of carbonyl (C=O) groups excluding carboxylic acids is 3. The molecule has 0 spiro atoms. The Balaban J connectivity index is 0.00000324. The van der Waals surface area contributed by atoms with Crippen molar-refractivity contribution in [3.63, 3.8) is 0 Å². The molecule has 1 aliphatic heterocycles. The molecule has 106 valence electrons. The second-order valence-corrected chi connectivity index (χ2v) is 4.96. The van der Waals surface area contributed by atoms with Crippen LogP contribution >= 0.6 is 0 Å². The minimum Gasteiger partial charge on any atom is -0.396 e. The van der Waals surface area contributed by atoms with Gasteiger partial charge in [0.2, 0.25) is 5.91 Å². The zero-order valence-electron chi connectivity index (χ0n) is 9.48. The number of nitrogens with zero attached hydrogens (tertiary/aromatic N) is 1. The van der Waals surface area contributed by atoms with Crippen molar-refractivity contribution in [2.45, 2.75) is 18.1 Å². The second-order valence-electron chi connectivity index (χ2n) is 3.36.